The molecule has 2 unspecified atom stereocenters. The molecule has 0 aromatic heterocycles. The summed E-state index contributed by atoms with van der Waals surface area (Å²) in [6.07, 6.45) is -0.165. The van der Waals surface area contributed by atoms with E-state index in [1.54, 1.807) is 32.4 Å². The summed E-state index contributed by atoms with van der Waals surface area (Å²) in [7, 11) is 3.15. The number of nitrogens with zero attached hydrogens (tertiary/aromatic N) is 1. The highest BCUT2D eigenvalue weighted by Gasteiger charge is 2.30. The normalized spacial score (nSPS) is 19.9. The van der Waals surface area contributed by atoms with Crippen LogP contribution in [-0.2, 0) is 4.74 Å². The maximum atomic E-state index is 13.1. The average molecular weight is 355 g/mol. The molecular weight excluding hydrogens is 330 g/mol. The fraction of sp³-hybridized carbons (Fsp3) is 0.381. The summed E-state index contributed by atoms with van der Waals surface area (Å²) in [4.78, 5) is 14.9. The molecule has 0 bridgehead atoms. The highest BCUT2D eigenvalue weighted by molar-refractivity contribution is 5.95. The predicted molar refractivity (Wildman–Crippen MR) is 99.9 cm³/mol. The average Bonchev–Trinajstić information content (AvgIpc) is 2.67. The van der Waals surface area contributed by atoms with Gasteiger partial charge in [-0.1, -0.05) is 29.8 Å². The van der Waals surface area contributed by atoms with Crippen LogP contribution in [0.15, 0.2) is 42.5 Å². The van der Waals surface area contributed by atoms with Gasteiger partial charge in [-0.25, -0.2) is 0 Å². The first-order valence-corrected chi connectivity index (χ1v) is 8.74. The number of ether oxygens (including phenoxy) is 3. The zero-order valence-corrected chi connectivity index (χ0v) is 15.7. The Hall–Kier alpha value is -2.53. The number of carbonyl (C=O) groups excluding carboxylic acids is 1. The van der Waals surface area contributed by atoms with Gasteiger partial charge in [-0.2, -0.15) is 0 Å². The monoisotopic (exact) mass is 355 g/mol. The van der Waals surface area contributed by atoms with Gasteiger partial charge in [0, 0.05) is 18.2 Å². The highest BCUT2D eigenvalue weighted by atomic mass is 16.5. The van der Waals surface area contributed by atoms with Crippen molar-refractivity contribution in [1.82, 2.24) is 4.90 Å². The first-order valence-electron chi connectivity index (χ1n) is 8.74. The Morgan fingerprint density at radius 3 is 2.23 bits per heavy atom. The second-order valence-electron chi connectivity index (χ2n) is 6.66. The van der Waals surface area contributed by atoms with Gasteiger partial charge >= 0.3 is 0 Å². The van der Waals surface area contributed by atoms with Gasteiger partial charge in [-0.05, 0) is 31.5 Å². The molecule has 26 heavy (non-hydrogen) atoms. The van der Waals surface area contributed by atoms with Gasteiger partial charge < -0.3 is 19.1 Å². The van der Waals surface area contributed by atoms with Gasteiger partial charge in [0.2, 0.25) is 0 Å². The van der Waals surface area contributed by atoms with Crippen molar-refractivity contribution in [2.45, 2.75) is 26.1 Å². The summed E-state index contributed by atoms with van der Waals surface area (Å²) < 4.78 is 16.6. The quantitative estimate of drug-likeness (QED) is 0.841. The molecule has 1 fully saturated rings. The predicted octanol–water partition coefficient (Wildman–Crippen LogP) is 3.61. The van der Waals surface area contributed by atoms with E-state index in [0.717, 1.165) is 5.56 Å². The summed E-state index contributed by atoms with van der Waals surface area (Å²) in [6.45, 7) is 5.12. The fourth-order valence-corrected chi connectivity index (χ4v) is 3.20. The van der Waals surface area contributed by atoms with Gasteiger partial charge in [0.25, 0.3) is 5.91 Å². The van der Waals surface area contributed by atoms with Crippen molar-refractivity contribution in [3.63, 3.8) is 0 Å². The van der Waals surface area contributed by atoms with Crippen molar-refractivity contribution < 1.29 is 19.0 Å². The van der Waals surface area contributed by atoms with Crippen LogP contribution in [-0.4, -0.2) is 44.2 Å². The third kappa shape index (κ3) is 3.99. The number of hydrogen-bond donors (Lipinski definition) is 0. The van der Waals surface area contributed by atoms with Crippen LogP contribution in [0.1, 0.15) is 34.5 Å². The molecule has 3 rings (SSSR count). The molecule has 1 aliphatic heterocycles. The van der Waals surface area contributed by atoms with Crippen molar-refractivity contribution in [2.24, 2.45) is 0 Å². The Kier molecular flexibility index (Phi) is 5.47. The number of morpholine rings is 1. The second kappa shape index (κ2) is 7.79. The SMILES string of the molecule is COc1cc(OC)cc(C(=O)N2CC(C)OC(c3ccc(C)cc3)C2)c1. The first kappa shape index (κ1) is 18.3. The van der Waals surface area contributed by atoms with Crippen molar-refractivity contribution >= 4 is 5.91 Å². The summed E-state index contributed by atoms with van der Waals surface area (Å²) in [5.74, 6) is 1.16. The molecule has 1 saturated heterocycles. The van der Waals surface area contributed by atoms with Crippen molar-refractivity contribution in [3.8, 4) is 11.5 Å². The van der Waals surface area contributed by atoms with E-state index < -0.39 is 0 Å². The van der Waals surface area contributed by atoms with Crippen LogP contribution < -0.4 is 9.47 Å². The van der Waals surface area contributed by atoms with Gasteiger partial charge in [-0.15, -0.1) is 0 Å². The zero-order chi connectivity index (χ0) is 18.7. The minimum absolute atomic E-state index is 0.0356. The van der Waals surface area contributed by atoms with Crippen LogP contribution in [0.5, 0.6) is 11.5 Å². The second-order valence-corrected chi connectivity index (χ2v) is 6.66. The number of carbonyl (C=O) groups is 1. The zero-order valence-electron chi connectivity index (χ0n) is 15.7. The van der Waals surface area contributed by atoms with Gasteiger partial charge in [0.1, 0.15) is 17.6 Å². The fourth-order valence-electron chi connectivity index (χ4n) is 3.20. The lowest BCUT2D eigenvalue weighted by molar-refractivity contribution is -0.0691. The minimum atomic E-state index is -0.129. The van der Waals surface area contributed by atoms with Crippen molar-refractivity contribution in [1.29, 1.82) is 0 Å². The van der Waals surface area contributed by atoms with Crippen LogP contribution in [0, 0.1) is 6.92 Å². The molecule has 1 heterocycles. The third-order valence-electron chi connectivity index (χ3n) is 4.60. The molecule has 2 aromatic carbocycles. The van der Waals surface area contributed by atoms with E-state index >= 15 is 0 Å². The summed E-state index contributed by atoms with van der Waals surface area (Å²) >= 11 is 0. The molecule has 2 aromatic rings. The van der Waals surface area contributed by atoms with E-state index in [9.17, 15) is 4.79 Å². The smallest absolute Gasteiger partial charge is 0.254 e. The molecule has 1 aliphatic rings. The molecular formula is C21H25NO4. The van der Waals surface area contributed by atoms with Gasteiger partial charge in [-0.3, -0.25) is 4.79 Å². The molecule has 2 atom stereocenters. The molecule has 0 aliphatic carbocycles. The molecule has 0 N–H and O–H groups in total. The molecule has 1 amide bonds. The number of rotatable bonds is 4. The Morgan fingerprint density at radius 2 is 1.65 bits per heavy atom. The van der Waals surface area contributed by atoms with E-state index in [1.165, 1.54) is 5.56 Å². The van der Waals surface area contributed by atoms with Crippen molar-refractivity contribution in [3.05, 3.63) is 59.2 Å². The maximum Gasteiger partial charge on any atom is 0.254 e. The molecule has 0 saturated carbocycles. The molecule has 0 radical (unpaired) electrons. The Labute approximate surface area is 154 Å². The van der Waals surface area contributed by atoms with E-state index in [1.807, 2.05) is 11.8 Å². The molecule has 5 nitrogen and oxygen atoms in total. The Bertz CT molecular complexity index is 750. The van der Waals surface area contributed by atoms with Crippen molar-refractivity contribution in [2.75, 3.05) is 27.3 Å². The molecule has 5 heteroatoms. The maximum absolute atomic E-state index is 13.1. The number of methoxy groups -OCH3 is 2. The van der Waals surface area contributed by atoms with E-state index in [2.05, 4.69) is 31.2 Å². The lowest BCUT2D eigenvalue weighted by atomic mass is 10.0. The van der Waals surface area contributed by atoms with Crippen LogP contribution in [0.2, 0.25) is 0 Å². The number of hydrogen-bond acceptors (Lipinski definition) is 4. The molecule has 0 spiro atoms. The minimum Gasteiger partial charge on any atom is -0.497 e. The summed E-state index contributed by atoms with van der Waals surface area (Å²) in [5, 5.41) is 0. The van der Waals surface area contributed by atoms with Crippen LogP contribution in [0.25, 0.3) is 0 Å². The van der Waals surface area contributed by atoms with Crippen LogP contribution in [0.4, 0.5) is 0 Å². The number of benzene rings is 2. The number of amides is 1. The van der Waals surface area contributed by atoms with E-state index in [0.29, 0.717) is 30.2 Å². The largest absolute Gasteiger partial charge is 0.497 e. The summed E-state index contributed by atoms with van der Waals surface area (Å²) in [6, 6.07) is 13.5. The third-order valence-corrected chi connectivity index (χ3v) is 4.60. The lowest BCUT2D eigenvalue weighted by Crippen LogP contribution is -2.46. The van der Waals surface area contributed by atoms with Gasteiger partial charge in [0.05, 0.1) is 26.9 Å². The van der Waals surface area contributed by atoms with Crippen LogP contribution in [0.3, 0.4) is 0 Å². The summed E-state index contributed by atoms with van der Waals surface area (Å²) in [5.41, 5.74) is 2.84. The topological polar surface area (TPSA) is 48.0 Å². The highest BCUT2D eigenvalue weighted by Crippen LogP contribution is 2.28. The van der Waals surface area contributed by atoms with Gasteiger partial charge in [0.15, 0.2) is 0 Å². The standard InChI is InChI=1S/C21H25NO4/c1-14-5-7-16(8-6-14)20-13-22(12-15(2)26-20)21(23)17-9-18(24-3)11-19(10-17)25-4/h5-11,15,20H,12-13H2,1-4H3. The molecule has 138 valence electrons. The van der Waals surface area contributed by atoms with Crippen LogP contribution >= 0.6 is 0 Å². The van der Waals surface area contributed by atoms with E-state index in [-0.39, 0.29) is 18.1 Å². The first-order chi connectivity index (χ1) is 12.5. The van der Waals surface area contributed by atoms with E-state index in [4.69, 9.17) is 14.2 Å². The Morgan fingerprint density at radius 1 is 1.04 bits per heavy atom. The Balaban J connectivity index is 1.83. The lowest BCUT2D eigenvalue weighted by Gasteiger charge is -2.37. The number of aryl methyl sites for hydroxylation is 1.